The average molecular weight is 185 g/mol. The Morgan fingerprint density at radius 1 is 1.25 bits per heavy atom. The van der Waals surface area contributed by atoms with Crippen molar-refractivity contribution in [3.8, 4) is 0 Å². The van der Waals surface area contributed by atoms with Crippen LogP contribution in [-0.4, -0.2) is 11.0 Å². The summed E-state index contributed by atoms with van der Waals surface area (Å²) in [5.41, 5.74) is 0. The summed E-state index contributed by atoms with van der Waals surface area (Å²) in [7, 11) is 0. The molecule has 70 valence electrons. The molecule has 12 heavy (non-hydrogen) atoms. The first-order chi connectivity index (χ1) is 5.58. The molecule has 0 aromatic rings. The molecule has 0 saturated heterocycles. The molecule has 0 bridgehead atoms. The van der Waals surface area contributed by atoms with Gasteiger partial charge >= 0.3 is 0 Å². The zero-order valence-electron chi connectivity index (χ0n) is 8.34. The SMILES string of the molecule is CC(C)(C)S/N=C/C1CCCC1. The van der Waals surface area contributed by atoms with Gasteiger partial charge in [-0.1, -0.05) is 12.8 Å². The molecular formula is C10H19NS. The largest absolute Gasteiger partial charge is 0.228 e. The summed E-state index contributed by atoms with van der Waals surface area (Å²) in [6.45, 7) is 6.59. The van der Waals surface area contributed by atoms with Crippen molar-refractivity contribution in [2.45, 2.75) is 51.2 Å². The van der Waals surface area contributed by atoms with E-state index in [4.69, 9.17) is 0 Å². The number of nitrogens with zero attached hydrogens (tertiary/aromatic N) is 1. The lowest BCUT2D eigenvalue weighted by molar-refractivity contribution is 0.745. The van der Waals surface area contributed by atoms with E-state index in [1.165, 1.54) is 25.7 Å². The summed E-state index contributed by atoms with van der Waals surface area (Å²) in [5.74, 6) is 0.778. The second-order valence-electron chi connectivity index (χ2n) is 4.50. The van der Waals surface area contributed by atoms with Gasteiger partial charge in [0, 0.05) is 11.0 Å². The van der Waals surface area contributed by atoms with Gasteiger partial charge < -0.3 is 0 Å². The highest BCUT2D eigenvalue weighted by molar-refractivity contribution is 7.99. The number of hydrogen-bond acceptors (Lipinski definition) is 2. The topological polar surface area (TPSA) is 12.4 Å². The Kier molecular flexibility index (Phi) is 3.63. The van der Waals surface area contributed by atoms with Crippen molar-refractivity contribution in [1.82, 2.24) is 0 Å². The summed E-state index contributed by atoms with van der Waals surface area (Å²) < 4.78 is 4.69. The molecule has 1 saturated carbocycles. The minimum Gasteiger partial charge on any atom is -0.228 e. The Bertz CT molecular complexity index is 152. The molecule has 0 N–H and O–H groups in total. The number of hydrogen-bond donors (Lipinski definition) is 0. The van der Waals surface area contributed by atoms with E-state index >= 15 is 0 Å². The molecule has 0 unspecified atom stereocenters. The van der Waals surface area contributed by atoms with E-state index in [1.807, 2.05) is 0 Å². The van der Waals surface area contributed by atoms with E-state index in [1.54, 1.807) is 11.9 Å². The van der Waals surface area contributed by atoms with Crippen LogP contribution in [0.4, 0.5) is 0 Å². The lowest BCUT2D eigenvalue weighted by Gasteiger charge is -2.12. The Labute approximate surface area is 80.2 Å². The van der Waals surface area contributed by atoms with Crippen molar-refractivity contribution in [2.75, 3.05) is 0 Å². The fraction of sp³-hybridized carbons (Fsp3) is 0.900. The van der Waals surface area contributed by atoms with Crippen LogP contribution < -0.4 is 0 Å². The molecule has 1 fully saturated rings. The van der Waals surface area contributed by atoms with E-state index in [0.717, 1.165) is 5.92 Å². The molecule has 1 aliphatic carbocycles. The molecule has 1 rings (SSSR count). The van der Waals surface area contributed by atoms with E-state index in [0.29, 0.717) is 0 Å². The third kappa shape index (κ3) is 4.15. The smallest absolute Gasteiger partial charge is 0.0294 e. The molecule has 1 nitrogen and oxygen atoms in total. The van der Waals surface area contributed by atoms with Gasteiger partial charge in [0.25, 0.3) is 0 Å². The Hall–Kier alpha value is 0.0200. The van der Waals surface area contributed by atoms with Crippen LogP contribution in [0.5, 0.6) is 0 Å². The number of rotatable bonds is 2. The third-order valence-corrected chi connectivity index (χ3v) is 2.77. The lowest BCUT2D eigenvalue weighted by Crippen LogP contribution is -2.05. The Morgan fingerprint density at radius 3 is 2.33 bits per heavy atom. The minimum atomic E-state index is 0.273. The van der Waals surface area contributed by atoms with E-state index < -0.39 is 0 Å². The van der Waals surface area contributed by atoms with E-state index in [9.17, 15) is 0 Å². The lowest BCUT2D eigenvalue weighted by atomic mass is 10.1. The van der Waals surface area contributed by atoms with Crippen molar-refractivity contribution in [1.29, 1.82) is 0 Å². The summed E-state index contributed by atoms with van der Waals surface area (Å²) in [6.07, 6.45) is 7.67. The predicted octanol–water partition coefficient (Wildman–Crippen LogP) is 3.69. The summed E-state index contributed by atoms with van der Waals surface area (Å²) >= 11 is 1.69. The van der Waals surface area contributed by atoms with Gasteiger partial charge in [0.1, 0.15) is 0 Å². The molecule has 0 heterocycles. The summed E-state index contributed by atoms with van der Waals surface area (Å²) in [4.78, 5) is 0. The minimum absolute atomic E-state index is 0.273. The van der Waals surface area contributed by atoms with Crippen LogP contribution >= 0.6 is 11.9 Å². The van der Waals surface area contributed by atoms with Crippen LogP contribution in [0.1, 0.15) is 46.5 Å². The Morgan fingerprint density at radius 2 is 1.83 bits per heavy atom. The molecule has 0 atom stereocenters. The highest BCUT2D eigenvalue weighted by Gasteiger charge is 2.13. The first kappa shape index (κ1) is 10.1. The molecule has 0 radical (unpaired) electrons. The van der Waals surface area contributed by atoms with Gasteiger partial charge in [-0.3, -0.25) is 0 Å². The van der Waals surface area contributed by atoms with Crippen molar-refractivity contribution in [3.63, 3.8) is 0 Å². The van der Waals surface area contributed by atoms with E-state index in [2.05, 4.69) is 31.4 Å². The summed E-state index contributed by atoms with van der Waals surface area (Å²) in [5, 5.41) is 0. The van der Waals surface area contributed by atoms with Gasteiger partial charge in [0.15, 0.2) is 0 Å². The molecule has 0 aliphatic heterocycles. The fourth-order valence-electron chi connectivity index (χ4n) is 1.38. The van der Waals surface area contributed by atoms with Crippen molar-refractivity contribution in [3.05, 3.63) is 0 Å². The van der Waals surface area contributed by atoms with Gasteiger partial charge in [0.05, 0.1) is 0 Å². The average Bonchev–Trinajstić information content (AvgIpc) is 2.36. The maximum atomic E-state index is 4.42. The second-order valence-corrected chi connectivity index (χ2v) is 6.12. The van der Waals surface area contributed by atoms with Crippen LogP contribution in [0.15, 0.2) is 4.40 Å². The van der Waals surface area contributed by atoms with Gasteiger partial charge in [-0.05, 0) is 51.5 Å². The molecule has 0 amide bonds. The van der Waals surface area contributed by atoms with Crippen molar-refractivity contribution < 1.29 is 0 Å². The highest BCUT2D eigenvalue weighted by atomic mass is 32.2. The van der Waals surface area contributed by atoms with Gasteiger partial charge in [-0.25, -0.2) is 4.40 Å². The van der Waals surface area contributed by atoms with Gasteiger partial charge in [-0.15, -0.1) is 0 Å². The van der Waals surface area contributed by atoms with Crippen LogP contribution in [0, 0.1) is 5.92 Å². The molecule has 2 heteroatoms. The molecule has 0 aromatic heterocycles. The predicted molar refractivity (Wildman–Crippen MR) is 57.8 cm³/mol. The third-order valence-electron chi connectivity index (χ3n) is 2.00. The van der Waals surface area contributed by atoms with Crippen molar-refractivity contribution >= 4 is 18.2 Å². The fourth-order valence-corrected chi connectivity index (χ4v) is 1.93. The van der Waals surface area contributed by atoms with Crippen molar-refractivity contribution in [2.24, 2.45) is 10.3 Å². The standard InChI is InChI=1S/C10H19NS/c1-10(2,3)12-11-8-9-6-4-5-7-9/h8-9H,4-7H2,1-3H3/b11-8+. The molecule has 0 spiro atoms. The summed E-state index contributed by atoms with van der Waals surface area (Å²) in [6, 6.07) is 0. The second kappa shape index (κ2) is 4.31. The van der Waals surface area contributed by atoms with Crippen LogP contribution in [0.25, 0.3) is 0 Å². The first-order valence-corrected chi connectivity index (χ1v) is 5.57. The van der Waals surface area contributed by atoms with Crippen LogP contribution in [-0.2, 0) is 0 Å². The quantitative estimate of drug-likeness (QED) is 0.472. The van der Waals surface area contributed by atoms with Crippen LogP contribution in [0.3, 0.4) is 0 Å². The van der Waals surface area contributed by atoms with Gasteiger partial charge in [0.2, 0.25) is 0 Å². The zero-order valence-corrected chi connectivity index (χ0v) is 9.16. The maximum Gasteiger partial charge on any atom is 0.0294 e. The maximum absolute atomic E-state index is 4.42. The normalized spacial score (nSPS) is 20.9. The molecule has 1 aliphatic rings. The van der Waals surface area contributed by atoms with Crippen LogP contribution in [0.2, 0.25) is 0 Å². The monoisotopic (exact) mass is 185 g/mol. The first-order valence-electron chi connectivity index (χ1n) is 4.79. The van der Waals surface area contributed by atoms with E-state index in [-0.39, 0.29) is 4.75 Å². The highest BCUT2D eigenvalue weighted by Crippen LogP contribution is 2.27. The zero-order chi connectivity index (χ0) is 9.03. The Balaban J connectivity index is 2.21. The van der Waals surface area contributed by atoms with Gasteiger partial charge in [-0.2, -0.15) is 0 Å². The molecular weight excluding hydrogens is 166 g/mol. The molecule has 0 aromatic carbocycles.